The number of ether oxygens (including phenoxy) is 1. The summed E-state index contributed by atoms with van der Waals surface area (Å²) >= 11 is 0. The minimum absolute atomic E-state index is 0.0156. The average Bonchev–Trinajstić information content (AvgIpc) is 2.98. The Kier molecular flexibility index (Phi) is 4.94. The fourth-order valence-corrected chi connectivity index (χ4v) is 3.60. The molecule has 0 spiro atoms. The predicted octanol–water partition coefficient (Wildman–Crippen LogP) is 2.88. The second-order valence-electron chi connectivity index (χ2n) is 7.65. The summed E-state index contributed by atoms with van der Waals surface area (Å²) in [6.07, 6.45) is 0.346. The second-order valence-corrected chi connectivity index (χ2v) is 7.65. The lowest BCUT2D eigenvalue weighted by atomic mass is 10.1. The number of aryl methyl sites for hydroxylation is 2. The number of anilines is 1. The van der Waals surface area contributed by atoms with Crippen molar-refractivity contribution in [2.45, 2.75) is 32.4 Å². The summed E-state index contributed by atoms with van der Waals surface area (Å²) in [5.74, 6) is 0.874. The zero-order chi connectivity index (χ0) is 19.7. The third-order valence-corrected chi connectivity index (χ3v) is 5.23. The third kappa shape index (κ3) is 3.96. The quantitative estimate of drug-likeness (QED) is 0.889. The number of nitrogens with zero attached hydrogens (tertiary/aromatic N) is 2. The minimum Gasteiger partial charge on any atom is -0.487 e. The zero-order valence-electron chi connectivity index (χ0n) is 16.2. The van der Waals surface area contributed by atoms with Gasteiger partial charge in [-0.2, -0.15) is 0 Å². The van der Waals surface area contributed by atoms with Gasteiger partial charge in [-0.05, 0) is 43.7 Å². The van der Waals surface area contributed by atoms with Gasteiger partial charge in [0.15, 0.2) is 0 Å². The summed E-state index contributed by atoms with van der Waals surface area (Å²) in [7, 11) is 0. The molecule has 2 saturated heterocycles. The van der Waals surface area contributed by atoms with E-state index in [2.05, 4.69) is 5.32 Å². The molecule has 3 amide bonds. The lowest BCUT2D eigenvalue weighted by Gasteiger charge is -2.39. The number of rotatable bonds is 4. The van der Waals surface area contributed by atoms with Crippen LogP contribution in [0.4, 0.5) is 10.5 Å². The van der Waals surface area contributed by atoms with Crippen LogP contribution in [0.5, 0.6) is 5.75 Å². The molecule has 2 aromatic rings. The first-order chi connectivity index (χ1) is 13.5. The van der Waals surface area contributed by atoms with Crippen LogP contribution in [-0.4, -0.2) is 48.6 Å². The fraction of sp³-hybridized carbons (Fsp3) is 0.364. The van der Waals surface area contributed by atoms with E-state index in [-0.39, 0.29) is 24.1 Å². The summed E-state index contributed by atoms with van der Waals surface area (Å²) in [6, 6.07) is 15.5. The smallest absolute Gasteiger partial charge is 0.317 e. The maximum atomic E-state index is 12.5. The van der Waals surface area contributed by atoms with Crippen molar-refractivity contribution in [3.05, 3.63) is 59.7 Å². The Hall–Kier alpha value is -3.02. The van der Waals surface area contributed by atoms with Crippen LogP contribution in [0.15, 0.2) is 48.5 Å². The van der Waals surface area contributed by atoms with Gasteiger partial charge in [0.1, 0.15) is 11.9 Å². The molecule has 1 N–H and O–H groups in total. The molecule has 28 heavy (non-hydrogen) atoms. The monoisotopic (exact) mass is 379 g/mol. The lowest BCUT2D eigenvalue weighted by molar-refractivity contribution is -0.117. The zero-order valence-corrected chi connectivity index (χ0v) is 16.2. The Balaban J connectivity index is 1.26. The first-order valence-corrected chi connectivity index (χ1v) is 9.64. The van der Waals surface area contributed by atoms with Crippen molar-refractivity contribution in [3.8, 4) is 5.75 Å². The number of urea groups is 1. The van der Waals surface area contributed by atoms with Gasteiger partial charge in [-0.3, -0.25) is 4.79 Å². The van der Waals surface area contributed by atoms with Gasteiger partial charge < -0.3 is 19.9 Å². The molecule has 6 heteroatoms. The number of nitrogens with one attached hydrogen (secondary N) is 1. The summed E-state index contributed by atoms with van der Waals surface area (Å²) in [5.41, 5.74) is 3.18. The number of carbonyl (C=O) groups excluding carboxylic acids is 2. The third-order valence-electron chi connectivity index (χ3n) is 5.23. The van der Waals surface area contributed by atoms with Crippen molar-refractivity contribution in [1.29, 1.82) is 0 Å². The highest BCUT2D eigenvalue weighted by atomic mass is 16.5. The molecule has 1 unspecified atom stereocenters. The van der Waals surface area contributed by atoms with Crippen LogP contribution in [0.2, 0.25) is 0 Å². The molecule has 146 valence electrons. The first-order valence-electron chi connectivity index (χ1n) is 9.64. The van der Waals surface area contributed by atoms with Crippen LogP contribution in [0, 0.1) is 13.8 Å². The molecule has 6 nitrogen and oxygen atoms in total. The Morgan fingerprint density at radius 1 is 1.04 bits per heavy atom. The van der Waals surface area contributed by atoms with Gasteiger partial charge in [0.05, 0.1) is 19.1 Å². The molecule has 0 saturated carbocycles. The van der Waals surface area contributed by atoms with Gasteiger partial charge in [-0.15, -0.1) is 0 Å². The lowest BCUT2D eigenvalue weighted by Crippen LogP contribution is -2.60. The van der Waals surface area contributed by atoms with Crippen LogP contribution >= 0.6 is 0 Å². The molecular formula is C22H25N3O3. The number of amides is 3. The van der Waals surface area contributed by atoms with E-state index in [0.717, 1.165) is 22.6 Å². The summed E-state index contributed by atoms with van der Waals surface area (Å²) in [6.45, 7) is 5.66. The Bertz CT molecular complexity index is 875. The van der Waals surface area contributed by atoms with E-state index in [4.69, 9.17) is 4.74 Å². The molecular weight excluding hydrogens is 354 g/mol. The van der Waals surface area contributed by atoms with Crippen LogP contribution in [0.25, 0.3) is 0 Å². The standard InChI is InChI=1S/C22H25N3O3/c1-15-6-8-18(9-7-15)25-12-17(11-21(25)26)23-22(27)24-13-20(14-24)28-19-5-3-4-16(2)10-19/h3-10,17,20H,11-14H2,1-2H3,(H,23,27). The van der Waals surface area contributed by atoms with Crippen LogP contribution in [0.1, 0.15) is 17.5 Å². The van der Waals surface area contributed by atoms with E-state index in [1.165, 1.54) is 0 Å². The topological polar surface area (TPSA) is 61.9 Å². The highest BCUT2D eigenvalue weighted by Crippen LogP contribution is 2.23. The fourth-order valence-electron chi connectivity index (χ4n) is 3.60. The highest BCUT2D eigenvalue weighted by Gasteiger charge is 2.36. The van der Waals surface area contributed by atoms with Crippen molar-refractivity contribution in [2.24, 2.45) is 0 Å². The van der Waals surface area contributed by atoms with Gasteiger partial charge in [0, 0.05) is 18.7 Å². The Morgan fingerprint density at radius 3 is 2.50 bits per heavy atom. The van der Waals surface area contributed by atoms with Crippen molar-refractivity contribution in [3.63, 3.8) is 0 Å². The highest BCUT2D eigenvalue weighted by molar-refractivity contribution is 5.96. The normalized spacial score (nSPS) is 19.5. The van der Waals surface area contributed by atoms with Crippen molar-refractivity contribution < 1.29 is 14.3 Å². The SMILES string of the molecule is Cc1ccc(N2CC(NC(=O)N3CC(Oc4cccc(C)c4)C3)CC2=O)cc1. The van der Waals surface area contributed by atoms with E-state index < -0.39 is 0 Å². The predicted molar refractivity (Wildman–Crippen MR) is 108 cm³/mol. The van der Waals surface area contributed by atoms with E-state index in [1.54, 1.807) is 9.80 Å². The van der Waals surface area contributed by atoms with E-state index >= 15 is 0 Å². The summed E-state index contributed by atoms with van der Waals surface area (Å²) < 4.78 is 5.90. The summed E-state index contributed by atoms with van der Waals surface area (Å²) in [5, 5.41) is 2.98. The summed E-state index contributed by atoms with van der Waals surface area (Å²) in [4.78, 5) is 28.2. The molecule has 1 atom stereocenters. The maximum absolute atomic E-state index is 12.5. The van der Waals surface area contributed by atoms with Gasteiger partial charge in [0.2, 0.25) is 5.91 Å². The van der Waals surface area contributed by atoms with E-state index in [0.29, 0.717) is 26.1 Å². The molecule has 0 bridgehead atoms. The molecule has 0 aliphatic carbocycles. The molecule has 0 radical (unpaired) electrons. The van der Waals surface area contributed by atoms with Gasteiger partial charge >= 0.3 is 6.03 Å². The number of hydrogen-bond donors (Lipinski definition) is 1. The number of likely N-dealkylation sites (tertiary alicyclic amines) is 1. The molecule has 4 rings (SSSR count). The molecule has 2 heterocycles. The van der Waals surface area contributed by atoms with Crippen LogP contribution in [0.3, 0.4) is 0 Å². The molecule has 2 fully saturated rings. The van der Waals surface area contributed by atoms with Crippen molar-refractivity contribution >= 4 is 17.6 Å². The number of hydrogen-bond acceptors (Lipinski definition) is 3. The second kappa shape index (κ2) is 7.54. The first kappa shape index (κ1) is 18.3. The Morgan fingerprint density at radius 2 is 1.79 bits per heavy atom. The van der Waals surface area contributed by atoms with E-state index in [9.17, 15) is 9.59 Å². The van der Waals surface area contributed by atoms with Gasteiger partial charge in [-0.25, -0.2) is 4.79 Å². The molecule has 2 aliphatic heterocycles. The van der Waals surface area contributed by atoms with Crippen molar-refractivity contribution in [2.75, 3.05) is 24.5 Å². The van der Waals surface area contributed by atoms with E-state index in [1.807, 2.05) is 62.4 Å². The molecule has 2 aliphatic rings. The average molecular weight is 379 g/mol. The van der Waals surface area contributed by atoms with Crippen LogP contribution < -0.4 is 15.0 Å². The Labute approximate surface area is 165 Å². The van der Waals surface area contributed by atoms with Gasteiger partial charge in [0.25, 0.3) is 0 Å². The maximum Gasteiger partial charge on any atom is 0.317 e. The number of benzene rings is 2. The molecule has 2 aromatic carbocycles. The number of carbonyl (C=O) groups is 2. The largest absolute Gasteiger partial charge is 0.487 e. The van der Waals surface area contributed by atoms with Gasteiger partial charge in [-0.1, -0.05) is 29.8 Å². The molecule has 0 aromatic heterocycles. The van der Waals surface area contributed by atoms with Crippen molar-refractivity contribution in [1.82, 2.24) is 10.2 Å². The minimum atomic E-state index is -0.168. The van der Waals surface area contributed by atoms with Crippen LogP contribution in [-0.2, 0) is 4.79 Å².